The molecular formula is C14H21NO2. The van der Waals surface area contributed by atoms with Crippen molar-refractivity contribution >= 4 is 0 Å². The number of hydrogen-bond donors (Lipinski definition) is 2. The first-order valence-corrected chi connectivity index (χ1v) is 6.43. The number of hydrogen-bond acceptors (Lipinski definition) is 3. The maximum atomic E-state index is 8.75. The molecule has 1 heterocycles. The molecule has 94 valence electrons. The van der Waals surface area contributed by atoms with Gasteiger partial charge in [-0.05, 0) is 49.3 Å². The topological polar surface area (TPSA) is 55.5 Å². The zero-order valence-corrected chi connectivity index (χ0v) is 10.2. The highest BCUT2D eigenvalue weighted by Gasteiger charge is 2.13. The van der Waals surface area contributed by atoms with Gasteiger partial charge in [-0.15, -0.1) is 0 Å². The first-order valence-electron chi connectivity index (χ1n) is 6.43. The number of aliphatic hydroxyl groups is 1. The fourth-order valence-corrected chi connectivity index (χ4v) is 2.25. The second kappa shape index (κ2) is 6.03. The lowest BCUT2D eigenvalue weighted by atomic mass is 9.97. The molecule has 17 heavy (non-hydrogen) atoms. The predicted molar refractivity (Wildman–Crippen MR) is 68.1 cm³/mol. The summed E-state index contributed by atoms with van der Waals surface area (Å²) in [5.41, 5.74) is 8.62. The van der Waals surface area contributed by atoms with Crippen molar-refractivity contribution in [1.29, 1.82) is 0 Å². The summed E-state index contributed by atoms with van der Waals surface area (Å²) in [6.45, 7) is 1.08. The third kappa shape index (κ3) is 3.20. The molecule has 0 fully saturated rings. The van der Waals surface area contributed by atoms with Gasteiger partial charge in [0.05, 0.1) is 6.61 Å². The van der Waals surface area contributed by atoms with Gasteiger partial charge in [0.15, 0.2) is 0 Å². The van der Waals surface area contributed by atoms with Gasteiger partial charge in [0.25, 0.3) is 0 Å². The Balaban J connectivity index is 2.00. The maximum Gasteiger partial charge on any atom is 0.122 e. The summed E-state index contributed by atoms with van der Waals surface area (Å²) < 4.78 is 5.58. The van der Waals surface area contributed by atoms with E-state index in [2.05, 4.69) is 12.1 Å². The largest absolute Gasteiger partial charge is 0.493 e. The summed E-state index contributed by atoms with van der Waals surface area (Å²) in [5, 5.41) is 8.75. The monoisotopic (exact) mass is 235 g/mol. The number of nitrogens with two attached hydrogens (primary N) is 1. The highest BCUT2D eigenvalue weighted by molar-refractivity contribution is 5.39. The molecule has 0 saturated heterocycles. The van der Waals surface area contributed by atoms with Crippen LogP contribution in [0.4, 0.5) is 0 Å². The van der Waals surface area contributed by atoms with Gasteiger partial charge in [-0.1, -0.05) is 12.1 Å². The molecule has 3 heteroatoms. The van der Waals surface area contributed by atoms with Crippen LogP contribution in [0.2, 0.25) is 0 Å². The molecule has 3 nitrogen and oxygen atoms in total. The van der Waals surface area contributed by atoms with Crippen LogP contribution in [0.5, 0.6) is 5.75 Å². The Labute approximate surface area is 103 Å². The standard InChI is InChI=1S/C14H21NO2/c15-13(5-1-2-8-16)11-6-7-14-12(10-11)4-3-9-17-14/h6-7,10,13,16H,1-5,8-9,15H2/t13-/m1/s1. The van der Waals surface area contributed by atoms with Crippen molar-refractivity contribution in [1.82, 2.24) is 0 Å². The van der Waals surface area contributed by atoms with Crippen LogP contribution >= 0.6 is 0 Å². The Morgan fingerprint density at radius 1 is 1.35 bits per heavy atom. The molecule has 1 aliphatic rings. The van der Waals surface area contributed by atoms with E-state index in [1.54, 1.807) is 0 Å². The van der Waals surface area contributed by atoms with Gasteiger partial charge in [0, 0.05) is 12.6 Å². The molecule has 0 saturated carbocycles. The number of ether oxygens (including phenoxy) is 1. The van der Waals surface area contributed by atoms with Gasteiger partial charge in [0.1, 0.15) is 5.75 Å². The first kappa shape index (κ1) is 12.4. The highest BCUT2D eigenvalue weighted by Crippen LogP contribution is 2.28. The summed E-state index contributed by atoms with van der Waals surface area (Å²) >= 11 is 0. The van der Waals surface area contributed by atoms with Crippen molar-refractivity contribution in [3.05, 3.63) is 29.3 Å². The lowest BCUT2D eigenvalue weighted by molar-refractivity contribution is 0.281. The number of unbranched alkanes of at least 4 members (excludes halogenated alkanes) is 1. The van der Waals surface area contributed by atoms with Crippen LogP contribution in [0, 0.1) is 0 Å². The molecule has 2 rings (SSSR count). The number of aliphatic hydroxyl groups excluding tert-OH is 1. The second-order valence-corrected chi connectivity index (χ2v) is 4.65. The number of rotatable bonds is 5. The maximum absolute atomic E-state index is 8.75. The normalized spacial score (nSPS) is 16.1. The Hall–Kier alpha value is -1.06. The van der Waals surface area contributed by atoms with Crippen molar-refractivity contribution in [3.8, 4) is 5.75 Å². The molecule has 1 aromatic carbocycles. The van der Waals surface area contributed by atoms with E-state index in [1.807, 2.05) is 6.07 Å². The highest BCUT2D eigenvalue weighted by atomic mass is 16.5. The van der Waals surface area contributed by atoms with E-state index >= 15 is 0 Å². The number of aryl methyl sites for hydroxylation is 1. The minimum absolute atomic E-state index is 0.0776. The third-order valence-corrected chi connectivity index (χ3v) is 3.28. The van der Waals surface area contributed by atoms with E-state index in [-0.39, 0.29) is 12.6 Å². The van der Waals surface area contributed by atoms with E-state index < -0.39 is 0 Å². The van der Waals surface area contributed by atoms with Crippen molar-refractivity contribution in [2.24, 2.45) is 5.73 Å². The van der Waals surface area contributed by atoms with Crippen molar-refractivity contribution in [3.63, 3.8) is 0 Å². The fourth-order valence-electron chi connectivity index (χ4n) is 2.25. The fraction of sp³-hybridized carbons (Fsp3) is 0.571. The summed E-state index contributed by atoms with van der Waals surface area (Å²) in [4.78, 5) is 0. The van der Waals surface area contributed by atoms with Crippen molar-refractivity contribution < 1.29 is 9.84 Å². The van der Waals surface area contributed by atoms with Gasteiger partial charge >= 0.3 is 0 Å². The van der Waals surface area contributed by atoms with E-state index in [9.17, 15) is 0 Å². The Morgan fingerprint density at radius 2 is 2.24 bits per heavy atom. The van der Waals surface area contributed by atoms with Gasteiger partial charge < -0.3 is 15.6 Å². The van der Waals surface area contributed by atoms with Crippen molar-refractivity contribution in [2.45, 2.75) is 38.1 Å². The van der Waals surface area contributed by atoms with Crippen LogP contribution in [0.15, 0.2) is 18.2 Å². The molecule has 0 unspecified atom stereocenters. The molecule has 0 aliphatic carbocycles. The van der Waals surface area contributed by atoms with Crippen LogP contribution in [-0.2, 0) is 6.42 Å². The first-order chi connectivity index (χ1) is 8.31. The molecular weight excluding hydrogens is 214 g/mol. The van der Waals surface area contributed by atoms with Crippen LogP contribution in [0.3, 0.4) is 0 Å². The summed E-state index contributed by atoms with van der Waals surface area (Å²) in [6.07, 6.45) is 4.93. The van der Waals surface area contributed by atoms with Crippen molar-refractivity contribution in [2.75, 3.05) is 13.2 Å². The van der Waals surface area contributed by atoms with Gasteiger partial charge in [-0.2, -0.15) is 0 Å². The molecule has 0 radical (unpaired) electrons. The summed E-state index contributed by atoms with van der Waals surface area (Å²) in [6, 6.07) is 6.36. The second-order valence-electron chi connectivity index (χ2n) is 4.65. The van der Waals surface area contributed by atoms with Crippen LogP contribution in [0.1, 0.15) is 42.9 Å². The molecule has 3 N–H and O–H groups in total. The summed E-state index contributed by atoms with van der Waals surface area (Å²) in [5.74, 6) is 1.02. The van der Waals surface area contributed by atoms with Crippen LogP contribution in [0.25, 0.3) is 0 Å². The van der Waals surface area contributed by atoms with Gasteiger partial charge in [-0.3, -0.25) is 0 Å². The molecule has 0 bridgehead atoms. The Bertz CT molecular complexity index is 365. The van der Waals surface area contributed by atoms with E-state index in [0.29, 0.717) is 0 Å². The zero-order chi connectivity index (χ0) is 12.1. The Morgan fingerprint density at radius 3 is 3.06 bits per heavy atom. The third-order valence-electron chi connectivity index (χ3n) is 3.28. The predicted octanol–water partition coefficient (Wildman–Crippen LogP) is 2.17. The lowest BCUT2D eigenvalue weighted by Crippen LogP contribution is -2.13. The minimum Gasteiger partial charge on any atom is -0.493 e. The molecule has 1 atom stereocenters. The van der Waals surface area contributed by atoms with Gasteiger partial charge in [-0.25, -0.2) is 0 Å². The molecule has 1 aliphatic heterocycles. The molecule has 0 spiro atoms. The molecule has 0 amide bonds. The van der Waals surface area contributed by atoms with Crippen LogP contribution < -0.4 is 10.5 Å². The van der Waals surface area contributed by atoms with Gasteiger partial charge in [0.2, 0.25) is 0 Å². The van der Waals surface area contributed by atoms with E-state index in [1.165, 1.54) is 11.1 Å². The van der Waals surface area contributed by atoms with E-state index in [4.69, 9.17) is 15.6 Å². The summed E-state index contributed by atoms with van der Waals surface area (Å²) in [7, 11) is 0. The SMILES string of the molecule is N[C@H](CCCCO)c1ccc2c(c1)CCCO2. The number of benzene rings is 1. The molecule has 1 aromatic rings. The average Bonchev–Trinajstić information content (AvgIpc) is 2.38. The zero-order valence-electron chi connectivity index (χ0n) is 10.2. The van der Waals surface area contributed by atoms with E-state index in [0.717, 1.165) is 44.5 Å². The number of fused-ring (bicyclic) bond motifs is 1. The minimum atomic E-state index is 0.0776. The lowest BCUT2D eigenvalue weighted by Gasteiger charge is -2.20. The van der Waals surface area contributed by atoms with Crippen LogP contribution in [-0.4, -0.2) is 18.3 Å². The quantitative estimate of drug-likeness (QED) is 0.769. The average molecular weight is 235 g/mol. The molecule has 0 aromatic heterocycles. The Kier molecular flexibility index (Phi) is 4.40. The smallest absolute Gasteiger partial charge is 0.122 e.